The van der Waals surface area contributed by atoms with Crippen LogP contribution in [-0.2, 0) is 14.3 Å². The van der Waals surface area contributed by atoms with Gasteiger partial charge in [0.05, 0.1) is 6.61 Å². The van der Waals surface area contributed by atoms with Gasteiger partial charge >= 0.3 is 6.09 Å². The van der Waals surface area contributed by atoms with Gasteiger partial charge in [-0.15, -0.1) is 0 Å². The van der Waals surface area contributed by atoms with E-state index < -0.39 is 0 Å². The molecule has 1 saturated heterocycles. The van der Waals surface area contributed by atoms with Crippen molar-refractivity contribution in [1.82, 2.24) is 9.80 Å². The van der Waals surface area contributed by atoms with E-state index in [9.17, 15) is 14.4 Å². The van der Waals surface area contributed by atoms with Gasteiger partial charge in [0, 0.05) is 38.8 Å². The van der Waals surface area contributed by atoms with E-state index in [2.05, 4.69) is 0 Å². The van der Waals surface area contributed by atoms with Gasteiger partial charge in [0.15, 0.2) is 0 Å². The van der Waals surface area contributed by atoms with Crippen LogP contribution < -0.4 is 4.90 Å². The molecule has 0 bridgehead atoms. The number of benzene rings is 1. The highest BCUT2D eigenvalue weighted by molar-refractivity contribution is 5.97. The van der Waals surface area contributed by atoms with Crippen LogP contribution in [0.3, 0.4) is 0 Å². The summed E-state index contributed by atoms with van der Waals surface area (Å²) < 4.78 is 4.96. The van der Waals surface area contributed by atoms with Gasteiger partial charge in [-0.1, -0.05) is 18.2 Å². The minimum atomic E-state index is -0.348. The summed E-state index contributed by atoms with van der Waals surface area (Å²) in [4.78, 5) is 40.7. The maximum Gasteiger partial charge on any atom is 0.409 e. The van der Waals surface area contributed by atoms with Crippen molar-refractivity contribution in [3.05, 3.63) is 30.3 Å². The number of ether oxygens (including phenoxy) is 1. The van der Waals surface area contributed by atoms with E-state index in [-0.39, 0.29) is 24.5 Å². The normalized spacial score (nSPS) is 14.2. The predicted octanol–water partition coefficient (Wildman–Crippen LogP) is 1.34. The highest BCUT2D eigenvalue weighted by atomic mass is 16.6. The van der Waals surface area contributed by atoms with Gasteiger partial charge in [-0.25, -0.2) is 4.79 Å². The Bertz CT molecular complexity index is 583. The van der Waals surface area contributed by atoms with Crippen molar-refractivity contribution < 1.29 is 19.1 Å². The largest absolute Gasteiger partial charge is 0.450 e. The van der Waals surface area contributed by atoms with Crippen LogP contribution in [0, 0.1) is 0 Å². The Hall–Kier alpha value is -2.57. The molecule has 0 N–H and O–H groups in total. The molecule has 1 aliphatic rings. The summed E-state index contributed by atoms with van der Waals surface area (Å²) in [5.41, 5.74) is 0.698. The zero-order valence-electron chi connectivity index (χ0n) is 14.1. The molecule has 1 fully saturated rings. The molecule has 2 rings (SSSR count). The van der Waals surface area contributed by atoms with Crippen molar-refractivity contribution in [2.75, 3.05) is 44.2 Å². The molecule has 0 aliphatic carbocycles. The maximum absolute atomic E-state index is 12.5. The highest BCUT2D eigenvalue weighted by Gasteiger charge is 2.26. The summed E-state index contributed by atoms with van der Waals surface area (Å²) in [5.74, 6) is -0.308. The van der Waals surface area contributed by atoms with Crippen molar-refractivity contribution in [3.63, 3.8) is 0 Å². The standard InChI is InChI=1S/C17H23N3O4/c1-3-24-17(23)19-11-9-18(10-12-19)16(22)13-20(14(2)21)15-7-5-4-6-8-15/h4-8H,3,9-13H2,1-2H3. The Labute approximate surface area is 141 Å². The number of piperazine rings is 1. The van der Waals surface area contributed by atoms with Crippen molar-refractivity contribution in [3.8, 4) is 0 Å². The van der Waals surface area contributed by atoms with Gasteiger partial charge in [-0.2, -0.15) is 0 Å². The second kappa shape index (κ2) is 8.33. The number of amides is 3. The third-order valence-electron chi connectivity index (χ3n) is 3.90. The lowest BCUT2D eigenvalue weighted by Gasteiger charge is -2.35. The first-order chi connectivity index (χ1) is 11.5. The second-order valence-electron chi connectivity index (χ2n) is 5.51. The van der Waals surface area contributed by atoms with Gasteiger partial charge in [0.25, 0.3) is 0 Å². The van der Waals surface area contributed by atoms with Crippen molar-refractivity contribution in [2.24, 2.45) is 0 Å². The van der Waals surface area contributed by atoms with E-state index in [1.54, 1.807) is 28.9 Å². The lowest BCUT2D eigenvalue weighted by molar-refractivity contribution is -0.132. The minimum absolute atomic E-state index is 0.00124. The van der Waals surface area contributed by atoms with Crippen molar-refractivity contribution in [2.45, 2.75) is 13.8 Å². The molecule has 3 amide bonds. The molecule has 7 heteroatoms. The molecule has 7 nitrogen and oxygen atoms in total. The molecular weight excluding hydrogens is 310 g/mol. The van der Waals surface area contributed by atoms with Gasteiger partial charge in [0.1, 0.15) is 6.54 Å². The van der Waals surface area contributed by atoms with Crippen LogP contribution in [0.5, 0.6) is 0 Å². The van der Waals surface area contributed by atoms with Crippen molar-refractivity contribution >= 4 is 23.6 Å². The fraction of sp³-hybridized carbons (Fsp3) is 0.471. The molecule has 0 atom stereocenters. The number of rotatable bonds is 4. The first kappa shape index (κ1) is 17.8. The molecule has 1 aromatic rings. The molecule has 0 spiro atoms. The molecule has 1 heterocycles. The predicted molar refractivity (Wildman–Crippen MR) is 89.6 cm³/mol. The van der Waals surface area contributed by atoms with Crippen molar-refractivity contribution in [1.29, 1.82) is 0 Å². The fourth-order valence-electron chi connectivity index (χ4n) is 2.58. The van der Waals surface area contributed by atoms with Gasteiger partial charge in [-0.05, 0) is 19.1 Å². The molecule has 1 aliphatic heterocycles. The number of anilines is 1. The van der Waals surface area contributed by atoms with E-state index in [0.717, 1.165) is 0 Å². The number of nitrogens with zero attached hydrogens (tertiary/aromatic N) is 3. The molecule has 130 valence electrons. The average molecular weight is 333 g/mol. The second-order valence-corrected chi connectivity index (χ2v) is 5.51. The molecule has 1 aromatic carbocycles. The molecule has 0 unspecified atom stereocenters. The van der Waals surface area contributed by atoms with E-state index in [0.29, 0.717) is 38.5 Å². The quantitative estimate of drug-likeness (QED) is 0.834. The van der Waals surface area contributed by atoms with Crippen LogP contribution in [0.4, 0.5) is 10.5 Å². The summed E-state index contributed by atoms with van der Waals surface area (Å²) >= 11 is 0. The van der Waals surface area contributed by atoms with Crippen LogP contribution in [0.2, 0.25) is 0 Å². The number of carbonyl (C=O) groups is 3. The summed E-state index contributed by atoms with van der Waals surface area (Å²) in [6.07, 6.45) is -0.348. The Morgan fingerprint density at radius 1 is 1.04 bits per heavy atom. The molecule has 0 aromatic heterocycles. The van der Waals surface area contributed by atoms with E-state index in [4.69, 9.17) is 4.74 Å². The SMILES string of the molecule is CCOC(=O)N1CCN(C(=O)CN(C(C)=O)c2ccccc2)CC1. The summed E-state index contributed by atoms with van der Waals surface area (Å²) in [6.45, 7) is 5.31. The maximum atomic E-state index is 12.5. The Kier molecular flexibility index (Phi) is 6.17. The third kappa shape index (κ3) is 4.47. The average Bonchev–Trinajstić information content (AvgIpc) is 2.60. The summed E-state index contributed by atoms with van der Waals surface area (Å²) in [7, 11) is 0. The van der Waals surface area contributed by atoms with E-state index in [1.165, 1.54) is 11.8 Å². The molecule has 24 heavy (non-hydrogen) atoms. The monoisotopic (exact) mass is 333 g/mol. The Balaban J connectivity index is 1.92. The lowest BCUT2D eigenvalue weighted by atomic mass is 10.2. The zero-order chi connectivity index (χ0) is 17.5. The number of para-hydroxylation sites is 1. The third-order valence-corrected chi connectivity index (χ3v) is 3.90. The van der Waals surface area contributed by atoms with Crippen LogP contribution in [0.25, 0.3) is 0 Å². The number of hydrogen-bond donors (Lipinski definition) is 0. The smallest absolute Gasteiger partial charge is 0.409 e. The summed E-state index contributed by atoms with van der Waals surface area (Å²) in [5, 5.41) is 0. The zero-order valence-corrected chi connectivity index (χ0v) is 14.1. The van der Waals surface area contributed by atoms with E-state index >= 15 is 0 Å². The fourth-order valence-corrected chi connectivity index (χ4v) is 2.58. The van der Waals surface area contributed by atoms with E-state index in [1.807, 2.05) is 18.2 Å². The number of hydrogen-bond acceptors (Lipinski definition) is 4. The van der Waals surface area contributed by atoms with Crippen LogP contribution in [0.15, 0.2) is 30.3 Å². The minimum Gasteiger partial charge on any atom is -0.450 e. The first-order valence-corrected chi connectivity index (χ1v) is 8.05. The van der Waals surface area contributed by atoms with Gasteiger partial charge in [0.2, 0.25) is 11.8 Å². The Morgan fingerprint density at radius 2 is 1.62 bits per heavy atom. The highest BCUT2D eigenvalue weighted by Crippen LogP contribution is 2.14. The van der Waals surface area contributed by atoms with Crippen LogP contribution in [0.1, 0.15) is 13.8 Å². The topological polar surface area (TPSA) is 70.2 Å². The van der Waals surface area contributed by atoms with Gasteiger partial charge < -0.3 is 19.4 Å². The van der Waals surface area contributed by atoms with Crippen LogP contribution >= 0.6 is 0 Å². The molecule has 0 saturated carbocycles. The van der Waals surface area contributed by atoms with Crippen LogP contribution in [-0.4, -0.2) is 67.0 Å². The summed E-state index contributed by atoms with van der Waals surface area (Å²) in [6, 6.07) is 9.11. The first-order valence-electron chi connectivity index (χ1n) is 8.05. The lowest BCUT2D eigenvalue weighted by Crippen LogP contribution is -2.53. The Morgan fingerprint density at radius 3 is 2.17 bits per heavy atom. The number of carbonyl (C=O) groups excluding carboxylic acids is 3. The molecule has 0 radical (unpaired) electrons. The van der Waals surface area contributed by atoms with Gasteiger partial charge in [-0.3, -0.25) is 9.59 Å². The molecular formula is C17H23N3O4.